The number of alkyl halides is 1. The standard InChI is InChI=1S/C12H9Cl2N3O4/c1-20-9-3-2-7(17(18)19)4-10(9)21-12-8(5-13)11(14)15-6-16-12/h2-4,6H,5H2,1H3. The van der Waals surface area contributed by atoms with Crippen molar-refractivity contribution in [3.63, 3.8) is 0 Å². The van der Waals surface area contributed by atoms with Gasteiger partial charge >= 0.3 is 0 Å². The summed E-state index contributed by atoms with van der Waals surface area (Å²) in [6.45, 7) is 0. The molecule has 0 saturated carbocycles. The van der Waals surface area contributed by atoms with Crippen molar-refractivity contribution >= 4 is 28.9 Å². The number of hydrogen-bond donors (Lipinski definition) is 0. The third kappa shape index (κ3) is 3.32. The average molecular weight is 330 g/mol. The van der Waals surface area contributed by atoms with Crippen LogP contribution in [0.2, 0.25) is 5.15 Å². The summed E-state index contributed by atoms with van der Waals surface area (Å²) in [5, 5.41) is 11.0. The van der Waals surface area contributed by atoms with E-state index in [4.69, 9.17) is 32.7 Å². The van der Waals surface area contributed by atoms with E-state index in [1.54, 1.807) is 0 Å². The van der Waals surface area contributed by atoms with Crippen LogP contribution in [-0.2, 0) is 5.88 Å². The summed E-state index contributed by atoms with van der Waals surface area (Å²) in [5.41, 5.74) is 0.243. The van der Waals surface area contributed by atoms with Crippen LogP contribution in [0.5, 0.6) is 17.4 Å². The van der Waals surface area contributed by atoms with Crippen LogP contribution in [0.4, 0.5) is 5.69 Å². The van der Waals surface area contributed by atoms with Gasteiger partial charge in [-0.05, 0) is 6.07 Å². The highest BCUT2D eigenvalue weighted by atomic mass is 35.5. The molecular weight excluding hydrogens is 321 g/mol. The Hall–Kier alpha value is -2.12. The summed E-state index contributed by atoms with van der Waals surface area (Å²) < 4.78 is 10.6. The molecule has 0 aliphatic rings. The molecule has 1 aromatic carbocycles. The van der Waals surface area contributed by atoms with Crippen LogP contribution in [0.15, 0.2) is 24.5 Å². The van der Waals surface area contributed by atoms with Gasteiger partial charge in [-0.2, -0.15) is 0 Å². The summed E-state index contributed by atoms with van der Waals surface area (Å²) in [7, 11) is 1.42. The van der Waals surface area contributed by atoms with Crippen LogP contribution in [0.1, 0.15) is 5.56 Å². The molecule has 0 N–H and O–H groups in total. The molecule has 21 heavy (non-hydrogen) atoms. The number of nitro benzene ring substituents is 1. The number of non-ortho nitro benzene ring substituents is 1. The molecule has 2 rings (SSSR count). The van der Waals surface area contributed by atoms with E-state index in [9.17, 15) is 10.1 Å². The number of nitro groups is 1. The maximum atomic E-state index is 10.8. The summed E-state index contributed by atoms with van der Waals surface area (Å²) >= 11 is 11.7. The van der Waals surface area contributed by atoms with Crippen LogP contribution < -0.4 is 9.47 Å². The van der Waals surface area contributed by atoms with Crippen LogP contribution in [0.3, 0.4) is 0 Å². The van der Waals surface area contributed by atoms with Gasteiger partial charge in [-0.3, -0.25) is 10.1 Å². The van der Waals surface area contributed by atoms with Gasteiger partial charge in [0.1, 0.15) is 11.5 Å². The molecule has 0 radical (unpaired) electrons. The van der Waals surface area contributed by atoms with Gasteiger partial charge in [0.15, 0.2) is 11.5 Å². The predicted molar refractivity (Wildman–Crippen MR) is 76.3 cm³/mol. The van der Waals surface area contributed by atoms with E-state index in [0.717, 1.165) is 0 Å². The lowest BCUT2D eigenvalue weighted by Crippen LogP contribution is -1.98. The quantitative estimate of drug-likeness (QED) is 0.360. The van der Waals surface area contributed by atoms with Crippen molar-refractivity contribution < 1.29 is 14.4 Å². The summed E-state index contributed by atoms with van der Waals surface area (Å²) in [6, 6.07) is 3.96. The molecule has 0 aliphatic carbocycles. The Balaban J connectivity index is 2.45. The molecule has 2 aromatic rings. The highest BCUT2D eigenvalue weighted by Gasteiger charge is 2.17. The molecule has 0 amide bonds. The van der Waals surface area contributed by atoms with Crippen molar-refractivity contribution in [2.45, 2.75) is 5.88 Å². The Kier molecular flexibility index (Phi) is 4.77. The van der Waals surface area contributed by atoms with Crippen LogP contribution in [0, 0.1) is 10.1 Å². The summed E-state index contributed by atoms with van der Waals surface area (Å²) in [5.74, 6) is 0.596. The van der Waals surface area contributed by atoms with E-state index in [1.165, 1.54) is 31.6 Å². The highest BCUT2D eigenvalue weighted by Crippen LogP contribution is 2.36. The topological polar surface area (TPSA) is 87.4 Å². The molecule has 0 atom stereocenters. The van der Waals surface area contributed by atoms with Gasteiger partial charge in [0.05, 0.1) is 29.5 Å². The molecular formula is C12H9Cl2N3O4. The number of nitrogens with zero attached hydrogens (tertiary/aromatic N) is 3. The fourth-order valence-corrected chi connectivity index (χ4v) is 2.04. The first-order valence-corrected chi connectivity index (χ1v) is 6.53. The number of aromatic nitrogens is 2. The van der Waals surface area contributed by atoms with Gasteiger partial charge in [0.25, 0.3) is 5.69 Å². The van der Waals surface area contributed by atoms with Gasteiger partial charge in [0, 0.05) is 6.07 Å². The van der Waals surface area contributed by atoms with Crippen molar-refractivity contribution in [1.82, 2.24) is 9.97 Å². The molecule has 0 aliphatic heterocycles. The van der Waals surface area contributed by atoms with E-state index in [0.29, 0.717) is 11.3 Å². The molecule has 0 bridgehead atoms. The van der Waals surface area contributed by atoms with Gasteiger partial charge in [-0.25, -0.2) is 9.97 Å². The third-order valence-corrected chi connectivity index (χ3v) is 3.14. The van der Waals surface area contributed by atoms with Gasteiger partial charge < -0.3 is 9.47 Å². The van der Waals surface area contributed by atoms with Gasteiger partial charge in [-0.15, -0.1) is 11.6 Å². The average Bonchev–Trinajstić information content (AvgIpc) is 2.47. The molecule has 0 fully saturated rings. The zero-order valence-electron chi connectivity index (χ0n) is 10.7. The van der Waals surface area contributed by atoms with E-state index >= 15 is 0 Å². The normalized spacial score (nSPS) is 10.2. The van der Waals surface area contributed by atoms with Crippen molar-refractivity contribution in [3.8, 4) is 17.4 Å². The monoisotopic (exact) mass is 329 g/mol. The lowest BCUT2D eigenvalue weighted by atomic mass is 10.3. The lowest BCUT2D eigenvalue weighted by Gasteiger charge is -2.11. The number of hydrogen-bond acceptors (Lipinski definition) is 6. The number of ether oxygens (including phenoxy) is 2. The second-order valence-corrected chi connectivity index (χ2v) is 4.40. The Morgan fingerprint density at radius 3 is 2.71 bits per heavy atom. The Morgan fingerprint density at radius 2 is 2.10 bits per heavy atom. The smallest absolute Gasteiger partial charge is 0.273 e. The van der Waals surface area contributed by atoms with Gasteiger partial charge in [-0.1, -0.05) is 11.6 Å². The maximum Gasteiger partial charge on any atom is 0.273 e. The second kappa shape index (κ2) is 6.55. The zero-order valence-corrected chi connectivity index (χ0v) is 12.3. The highest BCUT2D eigenvalue weighted by molar-refractivity contribution is 6.31. The minimum atomic E-state index is -0.540. The molecule has 0 unspecified atom stereocenters. The van der Waals surface area contributed by atoms with Crippen molar-refractivity contribution in [3.05, 3.63) is 45.4 Å². The minimum Gasteiger partial charge on any atom is -0.493 e. The SMILES string of the molecule is COc1ccc([N+](=O)[O-])cc1Oc1ncnc(Cl)c1CCl. The first kappa shape index (κ1) is 15.3. The first-order chi connectivity index (χ1) is 10.1. The first-order valence-electron chi connectivity index (χ1n) is 5.62. The molecule has 0 saturated heterocycles. The second-order valence-electron chi connectivity index (χ2n) is 3.78. The Bertz CT molecular complexity index is 682. The lowest BCUT2D eigenvalue weighted by molar-refractivity contribution is -0.384. The van der Waals surface area contributed by atoms with Crippen molar-refractivity contribution in [2.24, 2.45) is 0 Å². The number of methoxy groups -OCH3 is 1. The minimum absolute atomic E-state index is 0.0340. The number of rotatable bonds is 5. The maximum absolute atomic E-state index is 10.8. The molecule has 0 spiro atoms. The van der Waals surface area contributed by atoms with Gasteiger partial charge in [0.2, 0.25) is 5.88 Å². The molecule has 9 heteroatoms. The Morgan fingerprint density at radius 1 is 1.33 bits per heavy atom. The third-order valence-electron chi connectivity index (χ3n) is 2.55. The molecule has 7 nitrogen and oxygen atoms in total. The fraction of sp³-hybridized carbons (Fsp3) is 0.167. The van der Waals surface area contributed by atoms with E-state index in [-0.39, 0.29) is 28.3 Å². The molecule has 1 aromatic heterocycles. The Labute approximate surface area is 129 Å². The van der Waals surface area contributed by atoms with Crippen LogP contribution >= 0.6 is 23.2 Å². The predicted octanol–water partition coefficient (Wildman–Crippen LogP) is 3.58. The summed E-state index contributed by atoms with van der Waals surface area (Å²) in [6.07, 6.45) is 1.21. The number of benzene rings is 1. The van der Waals surface area contributed by atoms with E-state index < -0.39 is 4.92 Å². The van der Waals surface area contributed by atoms with Crippen molar-refractivity contribution in [1.29, 1.82) is 0 Å². The fourth-order valence-electron chi connectivity index (χ4n) is 1.54. The zero-order chi connectivity index (χ0) is 15.4. The van der Waals surface area contributed by atoms with E-state index in [1.807, 2.05) is 0 Å². The van der Waals surface area contributed by atoms with Crippen LogP contribution in [0.25, 0.3) is 0 Å². The van der Waals surface area contributed by atoms with Crippen molar-refractivity contribution in [2.75, 3.05) is 7.11 Å². The summed E-state index contributed by atoms with van der Waals surface area (Å²) in [4.78, 5) is 18.0. The van der Waals surface area contributed by atoms with Crippen LogP contribution in [-0.4, -0.2) is 22.0 Å². The van der Waals surface area contributed by atoms with E-state index in [2.05, 4.69) is 9.97 Å². The molecule has 1 heterocycles. The molecule has 110 valence electrons. The number of halogens is 2. The largest absolute Gasteiger partial charge is 0.493 e.